The minimum atomic E-state index is -0.610. The second-order valence-electron chi connectivity index (χ2n) is 7.28. The van der Waals surface area contributed by atoms with Gasteiger partial charge in [-0.05, 0) is 24.1 Å². The molecule has 0 saturated carbocycles. The molecule has 2 bridgehead atoms. The van der Waals surface area contributed by atoms with Crippen molar-refractivity contribution in [2.75, 3.05) is 20.4 Å². The largest absolute Gasteiger partial charge is 0.454 e. The second-order valence-corrected chi connectivity index (χ2v) is 7.28. The number of esters is 1. The lowest BCUT2D eigenvalue weighted by molar-refractivity contribution is -0.161. The first-order valence-corrected chi connectivity index (χ1v) is 8.82. The van der Waals surface area contributed by atoms with E-state index < -0.39 is 17.7 Å². The van der Waals surface area contributed by atoms with Gasteiger partial charge in [0, 0.05) is 32.2 Å². The molecule has 1 aromatic carbocycles. The van der Waals surface area contributed by atoms with Crippen molar-refractivity contribution in [1.29, 1.82) is 0 Å². The summed E-state index contributed by atoms with van der Waals surface area (Å²) in [5, 5.41) is 11.0. The van der Waals surface area contributed by atoms with Crippen LogP contribution in [-0.2, 0) is 19.7 Å². The molecule has 1 aromatic rings. The maximum absolute atomic E-state index is 11.8. The highest BCUT2D eigenvalue weighted by molar-refractivity contribution is 5.67. The number of rotatable bonds is 2. The Morgan fingerprint density at radius 1 is 1.35 bits per heavy atom. The molecule has 4 aliphatic rings. The maximum Gasteiger partial charge on any atom is 0.304 e. The molecule has 5 rings (SSSR count). The molecule has 1 aliphatic carbocycles. The fraction of sp³-hybridized carbons (Fsp3) is 0.526. The first-order chi connectivity index (χ1) is 12.5. The van der Waals surface area contributed by atoms with Gasteiger partial charge in [-0.25, -0.2) is 0 Å². The Kier molecular flexibility index (Phi) is 3.38. The average molecular weight is 359 g/mol. The molecule has 1 unspecified atom stereocenters. The van der Waals surface area contributed by atoms with Gasteiger partial charge in [0.1, 0.15) is 0 Å². The molecule has 0 spiro atoms. The summed E-state index contributed by atoms with van der Waals surface area (Å²) in [6.07, 6.45) is 3.59. The second kappa shape index (κ2) is 5.45. The van der Waals surface area contributed by atoms with Crippen LogP contribution in [0, 0.1) is 0 Å². The summed E-state index contributed by atoms with van der Waals surface area (Å²) in [7, 11) is 1.68. The van der Waals surface area contributed by atoms with Gasteiger partial charge in [-0.3, -0.25) is 9.69 Å². The molecule has 1 saturated heterocycles. The normalized spacial score (nSPS) is 38.7. The van der Waals surface area contributed by atoms with E-state index in [9.17, 15) is 9.90 Å². The summed E-state index contributed by atoms with van der Waals surface area (Å²) < 4.78 is 22.3. The van der Waals surface area contributed by atoms with Crippen LogP contribution < -0.4 is 9.47 Å². The van der Waals surface area contributed by atoms with Crippen LogP contribution in [0.15, 0.2) is 24.3 Å². The average Bonchev–Trinajstić information content (AvgIpc) is 3.18. The predicted molar refractivity (Wildman–Crippen MR) is 89.8 cm³/mol. The molecule has 0 aromatic heterocycles. The highest BCUT2D eigenvalue weighted by Gasteiger charge is 2.62. The van der Waals surface area contributed by atoms with E-state index in [1.807, 2.05) is 18.2 Å². The smallest absolute Gasteiger partial charge is 0.304 e. The fourth-order valence-electron chi connectivity index (χ4n) is 4.98. The Bertz CT molecular complexity index is 807. The lowest BCUT2D eigenvalue weighted by atomic mass is 9.65. The molecule has 26 heavy (non-hydrogen) atoms. The van der Waals surface area contributed by atoms with E-state index in [1.165, 1.54) is 6.92 Å². The summed E-state index contributed by atoms with van der Waals surface area (Å²) in [4.78, 5) is 13.9. The summed E-state index contributed by atoms with van der Waals surface area (Å²) in [6.45, 7) is 1.99. The number of carbonyl (C=O) groups excluding carboxylic acids is 1. The minimum Gasteiger partial charge on any atom is -0.454 e. The molecule has 7 nitrogen and oxygen atoms in total. The third kappa shape index (κ3) is 1.96. The van der Waals surface area contributed by atoms with E-state index in [0.29, 0.717) is 18.0 Å². The van der Waals surface area contributed by atoms with Gasteiger partial charge in [0.25, 0.3) is 0 Å². The van der Waals surface area contributed by atoms with Crippen LogP contribution in [-0.4, -0.2) is 54.7 Å². The Hall–Kier alpha value is -2.09. The summed E-state index contributed by atoms with van der Waals surface area (Å²) >= 11 is 0. The van der Waals surface area contributed by atoms with E-state index in [0.717, 1.165) is 17.5 Å². The van der Waals surface area contributed by atoms with Crippen molar-refractivity contribution in [2.45, 2.75) is 43.2 Å². The van der Waals surface area contributed by atoms with E-state index in [4.69, 9.17) is 18.9 Å². The third-order valence-electron chi connectivity index (χ3n) is 6.09. The van der Waals surface area contributed by atoms with Crippen molar-refractivity contribution in [1.82, 2.24) is 4.90 Å². The zero-order valence-corrected chi connectivity index (χ0v) is 14.7. The van der Waals surface area contributed by atoms with Crippen LogP contribution in [0.2, 0.25) is 0 Å². The zero-order valence-electron chi connectivity index (χ0n) is 14.7. The molecule has 0 amide bonds. The van der Waals surface area contributed by atoms with Crippen molar-refractivity contribution in [2.24, 2.45) is 0 Å². The number of benzene rings is 1. The molecule has 3 aliphatic heterocycles. The van der Waals surface area contributed by atoms with Crippen LogP contribution in [0.5, 0.6) is 11.5 Å². The number of methoxy groups -OCH3 is 1. The van der Waals surface area contributed by atoms with Crippen LogP contribution in [0.25, 0.3) is 0 Å². The van der Waals surface area contributed by atoms with Gasteiger partial charge in [0.15, 0.2) is 17.7 Å². The van der Waals surface area contributed by atoms with E-state index in [-0.39, 0.29) is 24.9 Å². The highest BCUT2D eigenvalue weighted by atomic mass is 16.7. The van der Waals surface area contributed by atoms with Crippen LogP contribution in [0.3, 0.4) is 0 Å². The van der Waals surface area contributed by atoms with Crippen molar-refractivity contribution in [3.05, 3.63) is 35.4 Å². The summed E-state index contributed by atoms with van der Waals surface area (Å²) in [6, 6.07) is 3.79. The van der Waals surface area contributed by atoms with Gasteiger partial charge in [-0.15, -0.1) is 0 Å². The standard InChI is InChI=1S/C19H21NO6/c1-10(21)26-18-12-6-14-15(25-9-24-14)7-13(12)19-4-3-11(23-2)5-16(19)20(18)8-17(19)22/h3-4,6-7,11,16-18,22H,5,8-9H2,1-2H3/t11-,16-,17-,18-,19-/m0/s1. The monoisotopic (exact) mass is 359 g/mol. The number of carbonyl (C=O) groups is 1. The molecular formula is C19H21NO6. The zero-order chi connectivity index (χ0) is 18.1. The van der Waals surface area contributed by atoms with Crippen LogP contribution >= 0.6 is 0 Å². The molecule has 0 radical (unpaired) electrons. The number of aliphatic hydroxyl groups is 1. The third-order valence-corrected chi connectivity index (χ3v) is 6.09. The summed E-state index contributed by atoms with van der Waals surface area (Å²) in [5.74, 6) is 0.941. The molecule has 3 heterocycles. The van der Waals surface area contributed by atoms with Crippen LogP contribution in [0.1, 0.15) is 30.7 Å². The number of ether oxygens (including phenoxy) is 4. The Labute approximate surface area is 151 Å². The number of hydrogen-bond acceptors (Lipinski definition) is 7. The molecule has 138 valence electrons. The molecule has 6 atom stereocenters. The van der Waals surface area contributed by atoms with Crippen molar-refractivity contribution in [3.63, 3.8) is 0 Å². The van der Waals surface area contributed by atoms with Crippen molar-refractivity contribution >= 4 is 5.97 Å². The predicted octanol–water partition coefficient (Wildman–Crippen LogP) is 1.25. The SMILES string of the molecule is CO[C@H]1C=C[C@@]23c4cc5c(cc4[C@H](OC(C)=O)N(C[C@@H]2O)[C@H]3C1)OCO5. The summed E-state index contributed by atoms with van der Waals surface area (Å²) in [5.41, 5.74) is 1.21. The van der Waals surface area contributed by atoms with E-state index in [1.54, 1.807) is 7.11 Å². The molecule has 7 heteroatoms. The molecule has 1 N–H and O–H groups in total. The van der Waals surface area contributed by atoms with Crippen molar-refractivity contribution in [3.8, 4) is 11.5 Å². The van der Waals surface area contributed by atoms with Crippen molar-refractivity contribution < 1.29 is 28.8 Å². The first kappa shape index (κ1) is 16.1. The fourth-order valence-corrected chi connectivity index (χ4v) is 4.98. The minimum absolute atomic E-state index is 0.0235. The topological polar surface area (TPSA) is 77.5 Å². The number of nitrogens with zero attached hydrogens (tertiary/aromatic N) is 1. The van der Waals surface area contributed by atoms with Crippen LogP contribution in [0.4, 0.5) is 0 Å². The van der Waals surface area contributed by atoms with Gasteiger partial charge in [-0.2, -0.15) is 0 Å². The first-order valence-electron chi connectivity index (χ1n) is 8.82. The number of hydrogen-bond donors (Lipinski definition) is 1. The van der Waals surface area contributed by atoms with Gasteiger partial charge in [0.05, 0.1) is 17.6 Å². The maximum atomic E-state index is 11.8. The molecular weight excluding hydrogens is 338 g/mol. The number of fused-ring (bicyclic) bond motifs is 2. The number of aliphatic hydroxyl groups excluding tert-OH is 1. The Morgan fingerprint density at radius 2 is 2.12 bits per heavy atom. The van der Waals surface area contributed by atoms with Gasteiger partial charge in [0.2, 0.25) is 6.79 Å². The Morgan fingerprint density at radius 3 is 2.85 bits per heavy atom. The van der Waals surface area contributed by atoms with Gasteiger partial charge in [-0.1, -0.05) is 12.2 Å². The van der Waals surface area contributed by atoms with Gasteiger partial charge < -0.3 is 24.1 Å². The molecule has 1 fully saturated rings. The quantitative estimate of drug-likeness (QED) is 0.629. The van der Waals surface area contributed by atoms with E-state index in [2.05, 4.69) is 11.0 Å². The van der Waals surface area contributed by atoms with Gasteiger partial charge >= 0.3 is 5.97 Å². The lowest BCUT2D eigenvalue weighted by Gasteiger charge is -2.48. The highest BCUT2D eigenvalue weighted by Crippen LogP contribution is 2.57. The lowest BCUT2D eigenvalue weighted by Crippen LogP contribution is -2.54. The Balaban J connectivity index is 1.74. The van der Waals surface area contributed by atoms with E-state index >= 15 is 0 Å².